The molecular formula is C25H22FN5OS. The fourth-order valence-corrected chi connectivity index (χ4v) is 5.23. The third-order valence-corrected chi connectivity index (χ3v) is 6.71. The summed E-state index contributed by atoms with van der Waals surface area (Å²) >= 11 is 1.61. The Kier molecular flexibility index (Phi) is 5.90. The fraction of sp³-hybridized carbons (Fsp3) is 0.240. The number of aromatic nitrogens is 2. The monoisotopic (exact) mass is 459 g/mol. The van der Waals surface area contributed by atoms with E-state index in [1.165, 1.54) is 6.07 Å². The number of thiophene rings is 1. The highest BCUT2D eigenvalue weighted by molar-refractivity contribution is 7.17. The Morgan fingerprint density at radius 2 is 1.79 bits per heavy atom. The van der Waals surface area contributed by atoms with Crippen LogP contribution in [0.2, 0.25) is 0 Å². The van der Waals surface area contributed by atoms with E-state index in [-0.39, 0.29) is 5.56 Å². The van der Waals surface area contributed by atoms with Crippen molar-refractivity contribution < 1.29 is 9.13 Å². The number of benzene rings is 2. The van der Waals surface area contributed by atoms with Crippen LogP contribution in [0.1, 0.15) is 11.4 Å². The normalized spacial score (nSPS) is 14.0. The fourth-order valence-electron chi connectivity index (χ4n) is 4.27. The molecule has 0 aliphatic carbocycles. The largest absolute Gasteiger partial charge is 0.377 e. The number of methoxy groups -OCH3 is 1. The lowest BCUT2D eigenvalue weighted by molar-refractivity contribution is 0.178. The van der Waals surface area contributed by atoms with E-state index in [1.807, 2.05) is 30.3 Å². The number of piperazine rings is 1. The number of hydrogen-bond acceptors (Lipinski definition) is 7. The molecule has 5 rings (SSSR count). The number of anilines is 2. The molecule has 0 unspecified atom stereocenters. The number of ether oxygens (including phenoxy) is 1. The first-order valence-corrected chi connectivity index (χ1v) is 11.6. The lowest BCUT2D eigenvalue weighted by Crippen LogP contribution is -2.47. The quantitative estimate of drug-likeness (QED) is 0.425. The molecule has 1 aliphatic heterocycles. The molecule has 0 saturated carbocycles. The van der Waals surface area contributed by atoms with Crippen LogP contribution in [0.15, 0.2) is 53.9 Å². The Hall–Kier alpha value is -3.54. The van der Waals surface area contributed by atoms with Crippen molar-refractivity contribution in [2.75, 3.05) is 43.1 Å². The highest BCUT2D eigenvalue weighted by Gasteiger charge is 2.25. The SMILES string of the molecule is COCc1nc(N2CCN(c3cccc(F)c3C#N)CC2)c2c(-c3ccccc3)csc2n1. The third kappa shape index (κ3) is 4.01. The van der Waals surface area contributed by atoms with Crippen LogP contribution >= 0.6 is 11.3 Å². The van der Waals surface area contributed by atoms with Crippen molar-refractivity contribution in [3.8, 4) is 17.2 Å². The maximum Gasteiger partial charge on any atom is 0.158 e. The lowest BCUT2D eigenvalue weighted by Gasteiger charge is -2.37. The second-order valence-electron chi connectivity index (χ2n) is 7.81. The molecule has 0 radical (unpaired) electrons. The van der Waals surface area contributed by atoms with E-state index in [0.29, 0.717) is 44.3 Å². The van der Waals surface area contributed by atoms with Gasteiger partial charge in [-0.05, 0) is 17.7 Å². The zero-order valence-corrected chi connectivity index (χ0v) is 19.0. The van der Waals surface area contributed by atoms with E-state index in [2.05, 4.69) is 27.3 Å². The molecule has 0 N–H and O–H groups in total. The van der Waals surface area contributed by atoms with Gasteiger partial charge >= 0.3 is 0 Å². The smallest absolute Gasteiger partial charge is 0.158 e. The van der Waals surface area contributed by atoms with Crippen LogP contribution < -0.4 is 9.80 Å². The van der Waals surface area contributed by atoms with Crippen LogP contribution in [0.3, 0.4) is 0 Å². The molecule has 8 heteroatoms. The van der Waals surface area contributed by atoms with Crippen molar-refractivity contribution in [1.82, 2.24) is 9.97 Å². The Balaban J connectivity index is 1.50. The van der Waals surface area contributed by atoms with E-state index in [0.717, 1.165) is 27.2 Å². The van der Waals surface area contributed by atoms with E-state index in [9.17, 15) is 9.65 Å². The molecule has 0 spiro atoms. The maximum absolute atomic E-state index is 14.1. The van der Waals surface area contributed by atoms with Crippen molar-refractivity contribution in [1.29, 1.82) is 5.26 Å². The summed E-state index contributed by atoms with van der Waals surface area (Å²) in [5, 5.41) is 12.6. The molecular weight excluding hydrogens is 437 g/mol. The van der Waals surface area contributed by atoms with Crippen molar-refractivity contribution in [3.05, 3.63) is 71.1 Å². The second kappa shape index (κ2) is 9.14. The lowest BCUT2D eigenvalue weighted by atomic mass is 10.1. The van der Waals surface area contributed by atoms with Crippen LogP contribution in [0.5, 0.6) is 0 Å². The molecule has 6 nitrogen and oxygen atoms in total. The number of fused-ring (bicyclic) bond motifs is 1. The third-order valence-electron chi connectivity index (χ3n) is 5.84. The van der Waals surface area contributed by atoms with Crippen LogP contribution in [-0.4, -0.2) is 43.3 Å². The van der Waals surface area contributed by atoms with E-state index >= 15 is 0 Å². The summed E-state index contributed by atoms with van der Waals surface area (Å²) in [5.41, 5.74) is 2.99. The van der Waals surface area contributed by atoms with Crippen molar-refractivity contribution in [2.45, 2.75) is 6.61 Å². The van der Waals surface area contributed by atoms with Crippen LogP contribution in [0, 0.1) is 17.1 Å². The minimum absolute atomic E-state index is 0.0990. The Morgan fingerprint density at radius 1 is 1.03 bits per heavy atom. The summed E-state index contributed by atoms with van der Waals surface area (Å²) in [5.74, 6) is 1.07. The zero-order valence-electron chi connectivity index (χ0n) is 18.2. The van der Waals surface area contributed by atoms with Gasteiger partial charge in [0.15, 0.2) is 5.82 Å². The van der Waals surface area contributed by atoms with Gasteiger partial charge in [0.2, 0.25) is 0 Å². The number of nitrogens with zero attached hydrogens (tertiary/aromatic N) is 5. The summed E-state index contributed by atoms with van der Waals surface area (Å²) in [6.45, 7) is 3.06. The van der Waals surface area contributed by atoms with Gasteiger partial charge in [0, 0.05) is 44.2 Å². The number of rotatable bonds is 5. The zero-order chi connectivity index (χ0) is 22.8. The Bertz CT molecular complexity index is 1330. The number of hydrogen-bond donors (Lipinski definition) is 0. The predicted octanol–water partition coefficient (Wildman–Crippen LogP) is 4.84. The van der Waals surface area contributed by atoms with Gasteiger partial charge in [-0.2, -0.15) is 5.26 Å². The molecule has 166 valence electrons. The molecule has 0 bridgehead atoms. The summed E-state index contributed by atoms with van der Waals surface area (Å²) in [6.07, 6.45) is 0. The van der Waals surface area contributed by atoms with E-state index < -0.39 is 5.82 Å². The highest BCUT2D eigenvalue weighted by atomic mass is 32.1. The molecule has 0 atom stereocenters. The van der Waals surface area contributed by atoms with Gasteiger partial charge in [0.25, 0.3) is 0 Å². The number of halogens is 1. The molecule has 33 heavy (non-hydrogen) atoms. The first-order chi connectivity index (χ1) is 16.2. The van der Waals surface area contributed by atoms with Gasteiger partial charge in [-0.3, -0.25) is 0 Å². The van der Waals surface area contributed by atoms with Crippen molar-refractivity contribution >= 4 is 33.1 Å². The first kappa shape index (κ1) is 21.3. The Morgan fingerprint density at radius 3 is 2.52 bits per heavy atom. The van der Waals surface area contributed by atoms with Gasteiger partial charge in [0.1, 0.15) is 34.7 Å². The topological polar surface area (TPSA) is 65.3 Å². The summed E-state index contributed by atoms with van der Waals surface area (Å²) in [6, 6.07) is 17.1. The maximum atomic E-state index is 14.1. The van der Waals surface area contributed by atoms with E-state index in [1.54, 1.807) is 24.5 Å². The molecule has 1 fully saturated rings. The standard InChI is InChI=1S/C25H22FN5OS/c1-32-15-22-28-24(23-19(16-33-25(23)29-22)17-6-3-2-4-7-17)31-12-10-30(11-13-31)21-9-5-8-20(26)18(21)14-27/h2-9,16H,10-13,15H2,1H3. The van der Waals surface area contributed by atoms with Gasteiger partial charge in [-0.25, -0.2) is 14.4 Å². The van der Waals surface area contributed by atoms with Crippen LogP contribution in [-0.2, 0) is 11.3 Å². The first-order valence-electron chi connectivity index (χ1n) is 10.7. The highest BCUT2D eigenvalue weighted by Crippen LogP contribution is 2.39. The van der Waals surface area contributed by atoms with Gasteiger partial charge in [0.05, 0.1) is 11.1 Å². The second-order valence-corrected chi connectivity index (χ2v) is 8.67. The molecule has 1 saturated heterocycles. The summed E-state index contributed by atoms with van der Waals surface area (Å²) in [7, 11) is 1.64. The molecule has 2 aromatic carbocycles. The van der Waals surface area contributed by atoms with Crippen LogP contribution in [0.25, 0.3) is 21.3 Å². The summed E-state index contributed by atoms with van der Waals surface area (Å²) < 4.78 is 19.4. The van der Waals surface area contributed by atoms with E-state index in [4.69, 9.17) is 14.7 Å². The average molecular weight is 460 g/mol. The molecule has 2 aromatic heterocycles. The molecule has 0 amide bonds. The van der Waals surface area contributed by atoms with Crippen molar-refractivity contribution in [2.24, 2.45) is 0 Å². The van der Waals surface area contributed by atoms with Gasteiger partial charge in [-0.1, -0.05) is 36.4 Å². The van der Waals surface area contributed by atoms with Crippen molar-refractivity contribution in [3.63, 3.8) is 0 Å². The predicted molar refractivity (Wildman–Crippen MR) is 129 cm³/mol. The molecule has 4 aromatic rings. The number of nitriles is 1. The molecule has 1 aliphatic rings. The average Bonchev–Trinajstić information content (AvgIpc) is 3.28. The van der Waals surface area contributed by atoms with Crippen LogP contribution in [0.4, 0.5) is 15.9 Å². The minimum atomic E-state index is -0.482. The Labute approximate surface area is 195 Å². The molecule has 3 heterocycles. The minimum Gasteiger partial charge on any atom is -0.377 e. The van der Waals surface area contributed by atoms with Gasteiger partial charge < -0.3 is 14.5 Å². The van der Waals surface area contributed by atoms with Gasteiger partial charge in [-0.15, -0.1) is 11.3 Å². The summed E-state index contributed by atoms with van der Waals surface area (Å²) in [4.78, 5) is 14.9.